The van der Waals surface area contributed by atoms with Gasteiger partial charge in [-0.2, -0.15) is 0 Å². The van der Waals surface area contributed by atoms with Crippen LogP contribution in [-0.4, -0.2) is 0 Å². The van der Waals surface area contributed by atoms with Crippen molar-refractivity contribution in [1.29, 1.82) is 0 Å². The van der Waals surface area contributed by atoms with Crippen LogP contribution in [0.5, 0.6) is 0 Å². The SMILES string of the molecule is CCCCCCCCC(N)c1ccoc1Cl. The first-order valence-electron chi connectivity index (χ1n) is 6.24. The smallest absolute Gasteiger partial charge is 0.197 e. The summed E-state index contributed by atoms with van der Waals surface area (Å²) in [5, 5.41) is 0.443. The van der Waals surface area contributed by atoms with Crippen molar-refractivity contribution in [2.75, 3.05) is 0 Å². The molecule has 0 aliphatic rings. The number of rotatable bonds is 8. The van der Waals surface area contributed by atoms with Crippen molar-refractivity contribution in [3.05, 3.63) is 23.1 Å². The van der Waals surface area contributed by atoms with Crippen molar-refractivity contribution in [3.8, 4) is 0 Å². The molecule has 1 aromatic heterocycles. The number of hydrogen-bond donors (Lipinski definition) is 1. The van der Waals surface area contributed by atoms with E-state index in [1.807, 2.05) is 6.07 Å². The van der Waals surface area contributed by atoms with Crippen LogP contribution in [0.4, 0.5) is 0 Å². The minimum Gasteiger partial charge on any atom is -0.453 e. The van der Waals surface area contributed by atoms with Crippen LogP contribution in [0.3, 0.4) is 0 Å². The van der Waals surface area contributed by atoms with Gasteiger partial charge in [-0.25, -0.2) is 0 Å². The van der Waals surface area contributed by atoms with E-state index >= 15 is 0 Å². The van der Waals surface area contributed by atoms with Gasteiger partial charge in [0.05, 0.1) is 6.26 Å². The minimum absolute atomic E-state index is 0.0254. The lowest BCUT2D eigenvalue weighted by Gasteiger charge is -2.09. The van der Waals surface area contributed by atoms with E-state index in [9.17, 15) is 0 Å². The third kappa shape index (κ3) is 4.58. The molecule has 0 fully saturated rings. The minimum atomic E-state index is 0.0254. The summed E-state index contributed by atoms with van der Waals surface area (Å²) < 4.78 is 5.03. The van der Waals surface area contributed by atoms with Crippen molar-refractivity contribution >= 4 is 11.6 Å². The van der Waals surface area contributed by atoms with Crippen LogP contribution in [0.25, 0.3) is 0 Å². The van der Waals surface area contributed by atoms with Crippen LogP contribution in [0.1, 0.15) is 63.5 Å². The Labute approximate surface area is 103 Å². The fourth-order valence-corrected chi connectivity index (χ4v) is 2.12. The van der Waals surface area contributed by atoms with E-state index in [-0.39, 0.29) is 6.04 Å². The highest BCUT2D eigenvalue weighted by atomic mass is 35.5. The highest BCUT2D eigenvalue weighted by molar-refractivity contribution is 6.29. The van der Waals surface area contributed by atoms with Crippen molar-refractivity contribution in [2.45, 2.75) is 57.9 Å². The third-order valence-electron chi connectivity index (χ3n) is 2.91. The quantitative estimate of drug-likeness (QED) is 0.673. The molecule has 0 aliphatic carbocycles. The van der Waals surface area contributed by atoms with E-state index < -0.39 is 0 Å². The molecule has 0 aliphatic heterocycles. The van der Waals surface area contributed by atoms with Crippen molar-refractivity contribution in [1.82, 2.24) is 0 Å². The van der Waals surface area contributed by atoms with E-state index in [1.54, 1.807) is 6.26 Å². The Balaban J connectivity index is 2.11. The molecule has 1 unspecified atom stereocenters. The summed E-state index contributed by atoms with van der Waals surface area (Å²) in [4.78, 5) is 0. The van der Waals surface area contributed by atoms with Gasteiger partial charge in [0.25, 0.3) is 0 Å². The van der Waals surface area contributed by atoms with E-state index in [2.05, 4.69) is 6.92 Å². The van der Waals surface area contributed by atoms with Gasteiger partial charge in [0.15, 0.2) is 5.22 Å². The second-order valence-corrected chi connectivity index (χ2v) is 4.66. The Hall–Kier alpha value is -0.470. The lowest BCUT2D eigenvalue weighted by atomic mass is 10.0. The van der Waals surface area contributed by atoms with Crippen LogP contribution in [-0.2, 0) is 0 Å². The Morgan fingerprint density at radius 2 is 1.94 bits per heavy atom. The van der Waals surface area contributed by atoms with E-state index in [1.165, 1.54) is 38.5 Å². The summed E-state index contributed by atoms with van der Waals surface area (Å²) in [6.07, 6.45) is 10.3. The Morgan fingerprint density at radius 1 is 1.25 bits per heavy atom. The fourth-order valence-electron chi connectivity index (χ4n) is 1.87. The summed E-state index contributed by atoms with van der Waals surface area (Å²) in [7, 11) is 0. The molecule has 92 valence electrons. The van der Waals surface area contributed by atoms with Gasteiger partial charge in [-0.1, -0.05) is 45.4 Å². The second kappa shape index (κ2) is 7.75. The molecule has 0 saturated heterocycles. The maximum absolute atomic E-state index is 6.04. The zero-order chi connectivity index (χ0) is 11.8. The van der Waals surface area contributed by atoms with Crippen molar-refractivity contribution in [2.24, 2.45) is 5.73 Å². The van der Waals surface area contributed by atoms with E-state index in [0.29, 0.717) is 5.22 Å². The molecule has 0 bridgehead atoms. The topological polar surface area (TPSA) is 39.2 Å². The molecular formula is C13H22ClNO. The van der Waals surface area contributed by atoms with Gasteiger partial charge >= 0.3 is 0 Å². The Bertz CT molecular complexity index is 285. The first-order valence-corrected chi connectivity index (χ1v) is 6.62. The van der Waals surface area contributed by atoms with Gasteiger partial charge in [0, 0.05) is 11.6 Å². The number of hydrogen-bond acceptors (Lipinski definition) is 2. The van der Waals surface area contributed by atoms with Crippen LogP contribution in [0.2, 0.25) is 5.22 Å². The second-order valence-electron chi connectivity index (χ2n) is 4.31. The molecule has 1 atom stereocenters. The zero-order valence-electron chi connectivity index (χ0n) is 10.0. The molecule has 0 saturated carbocycles. The predicted molar refractivity (Wildman–Crippen MR) is 68.6 cm³/mol. The monoisotopic (exact) mass is 243 g/mol. The van der Waals surface area contributed by atoms with Crippen LogP contribution in [0, 0.1) is 0 Å². The van der Waals surface area contributed by atoms with Crippen LogP contribution >= 0.6 is 11.6 Å². The molecule has 0 spiro atoms. The Morgan fingerprint density at radius 3 is 2.56 bits per heavy atom. The number of furan rings is 1. The summed E-state index contributed by atoms with van der Waals surface area (Å²) in [6.45, 7) is 2.23. The standard InChI is InChI=1S/C13H22ClNO/c1-2-3-4-5-6-7-8-12(15)11-9-10-16-13(11)14/h9-10,12H,2-8,15H2,1H3. The first-order chi connectivity index (χ1) is 7.75. The van der Waals surface area contributed by atoms with Gasteiger partial charge in [0.2, 0.25) is 0 Å². The highest BCUT2D eigenvalue weighted by Crippen LogP contribution is 2.26. The molecule has 0 aromatic carbocycles. The average Bonchev–Trinajstić information content (AvgIpc) is 2.69. The third-order valence-corrected chi connectivity index (χ3v) is 3.22. The number of halogens is 1. The molecule has 1 heterocycles. The lowest BCUT2D eigenvalue weighted by molar-refractivity contribution is 0.533. The molecule has 3 heteroatoms. The van der Waals surface area contributed by atoms with Gasteiger partial charge in [0.1, 0.15) is 0 Å². The zero-order valence-corrected chi connectivity index (χ0v) is 10.8. The van der Waals surface area contributed by atoms with Crippen molar-refractivity contribution in [3.63, 3.8) is 0 Å². The molecule has 0 amide bonds. The van der Waals surface area contributed by atoms with Crippen LogP contribution < -0.4 is 5.73 Å². The van der Waals surface area contributed by atoms with Gasteiger partial charge in [-0.15, -0.1) is 0 Å². The molecule has 1 rings (SSSR count). The molecule has 16 heavy (non-hydrogen) atoms. The molecule has 1 aromatic rings. The molecular weight excluding hydrogens is 222 g/mol. The lowest BCUT2D eigenvalue weighted by Crippen LogP contribution is -2.09. The number of unbranched alkanes of at least 4 members (excludes halogenated alkanes) is 5. The fraction of sp³-hybridized carbons (Fsp3) is 0.692. The Kier molecular flexibility index (Phi) is 6.58. The predicted octanol–water partition coefficient (Wildman–Crippen LogP) is 4.68. The highest BCUT2D eigenvalue weighted by Gasteiger charge is 2.11. The average molecular weight is 244 g/mol. The van der Waals surface area contributed by atoms with Crippen LogP contribution in [0.15, 0.2) is 16.7 Å². The maximum Gasteiger partial charge on any atom is 0.197 e. The van der Waals surface area contributed by atoms with Crippen molar-refractivity contribution < 1.29 is 4.42 Å². The largest absolute Gasteiger partial charge is 0.453 e. The van der Waals surface area contributed by atoms with Gasteiger partial charge in [-0.05, 0) is 24.1 Å². The first kappa shape index (κ1) is 13.6. The normalized spacial score (nSPS) is 12.9. The number of nitrogens with two attached hydrogens (primary N) is 1. The molecule has 0 radical (unpaired) electrons. The maximum atomic E-state index is 6.04. The summed E-state index contributed by atoms with van der Waals surface area (Å²) in [6, 6.07) is 1.89. The molecule has 2 N–H and O–H groups in total. The van der Waals surface area contributed by atoms with Gasteiger partial charge in [-0.3, -0.25) is 0 Å². The van der Waals surface area contributed by atoms with E-state index in [4.69, 9.17) is 21.8 Å². The summed E-state index contributed by atoms with van der Waals surface area (Å²) >= 11 is 5.87. The summed E-state index contributed by atoms with van der Waals surface area (Å²) in [5.41, 5.74) is 6.98. The summed E-state index contributed by atoms with van der Waals surface area (Å²) in [5.74, 6) is 0. The molecule has 2 nitrogen and oxygen atoms in total. The van der Waals surface area contributed by atoms with E-state index in [0.717, 1.165) is 12.0 Å². The van der Waals surface area contributed by atoms with Gasteiger partial charge < -0.3 is 10.2 Å².